The predicted molar refractivity (Wildman–Crippen MR) is 60.9 cm³/mol. The lowest BCUT2D eigenvalue weighted by molar-refractivity contribution is 0.119. The minimum absolute atomic E-state index is 0.414. The molecule has 0 saturated heterocycles. The van der Waals surface area contributed by atoms with E-state index in [9.17, 15) is 0 Å². The number of nitrogens with zero attached hydrogens (tertiary/aromatic N) is 2. The molecule has 1 aliphatic rings. The van der Waals surface area contributed by atoms with E-state index in [2.05, 4.69) is 17.9 Å². The topological polar surface area (TPSA) is 36.3 Å². The highest BCUT2D eigenvalue weighted by atomic mass is 35.5. The average Bonchev–Trinajstić information content (AvgIpc) is 3.06. The summed E-state index contributed by atoms with van der Waals surface area (Å²) in [5, 5.41) is 8.29. The molecule has 0 heterocycles. The van der Waals surface area contributed by atoms with Gasteiger partial charge in [-0.05, 0) is 25.7 Å². The van der Waals surface area contributed by atoms with Crippen molar-refractivity contribution in [2.75, 3.05) is 26.8 Å². The van der Waals surface area contributed by atoms with Crippen LogP contribution in [0.2, 0.25) is 0 Å². The average molecular weight is 231 g/mol. The molecule has 15 heavy (non-hydrogen) atoms. The van der Waals surface area contributed by atoms with E-state index in [-0.39, 0.29) is 0 Å². The Labute approximate surface area is 97.0 Å². The zero-order chi connectivity index (χ0) is 11.3. The lowest BCUT2D eigenvalue weighted by Crippen LogP contribution is -2.40. The van der Waals surface area contributed by atoms with E-state index in [0.717, 1.165) is 12.5 Å². The fourth-order valence-corrected chi connectivity index (χ4v) is 1.97. The maximum Gasteiger partial charge on any atom is 0.133 e. The monoisotopic (exact) mass is 230 g/mol. The van der Waals surface area contributed by atoms with Gasteiger partial charge in [0, 0.05) is 26.2 Å². The third-order valence-electron chi connectivity index (χ3n) is 3.00. The summed E-state index contributed by atoms with van der Waals surface area (Å²) in [7, 11) is 1.70. The van der Waals surface area contributed by atoms with E-state index in [0.29, 0.717) is 19.2 Å². The molecule has 1 saturated carbocycles. The van der Waals surface area contributed by atoms with Crippen LogP contribution in [0.4, 0.5) is 0 Å². The number of methoxy groups -OCH3 is 1. The SMILES string of the molecule is COCCN(CC(Cl)C#N)C(C)C1CC1. The Hall–Kier alpha value is -0.300. The molecule has 0 spiro atoms. The van der Waals surface area contributed by atoms with Gasteiger partial charge in [0.15, 0.2) is 0 Å². The van der Waals surface area contributed by atoms with Crippen LogP contribution in [0.1, 0.15) is 19.8 Å². The molecule has 0 aromatic rings. The van der Waals surface area contributed by atoms with Crippen molar-refractivity contribution in [3.63, 3.8) is 0 Å². The zero-order valence-corrected chi connectivity index (χ0v) is 10.2. The smallest absolute Gasteiger partial charge is 0.133 e. The third kappa shape index (κ3) is 4.38. The zero-order valence-electron chi connectivity index (χ0n) is 9.45. The summed E-state index contributed by atoms with van der Waals surface area (Å²) < 4.78 is 5.07. The first kappa shape index (κ1) is 12.8. The van der Waals surface area contributed by atoms with Crippen molar-refractivity contribution in [1.29, 1.82) is 5.26 Å². The Balaban J connectivity index is 2.40. The van der Waals surface area contributed by atoms with Gasteiger partial charge < -0.3 is 4.74 Å². The molecule has 0 aromatic carbocycles. The second-order valence-electron chi connectivity index (χ2n) is 4.16. The summed E-state index contributed by atoms with van der Waals surface area (Å²) in [6.45, 7) is 4.42. The number of alkyl halides is 1. The largest absolute Gasteiger partial charge is 0.383 e. The fourth-order valence-electron chi connectivity index (χ4n) is 1.79. The number of hydrogen-bond acceptors (Lipinski definition) is 3. The first-order valence-electron chi connectivity index (χ1n) is 5.45. The molecule has 0 N–H and O–H groups in total. The summed E-state index contributed by atoms with van der Waals surface area (Å²) in [5.41, 5.74) is 0. The van der Waals surface area contributed by atoms with E-state index in [1.54, 1.807) is 7.11 Å². The summed E-state index contributed by atoms with van der Waals surface area (Å²) in [4.78, 5) is 2.27. The van der Waals surface area contributed by atoms with Crippen LogP contribution in [0.25, 0.3) is 0 Å². The van der Waals surface area contributed by atoms with Gasteiger partial charge in [0.2, 0.25) is 0 Å². The Morgan fingerprint density at radius 3 is 2.73 bits per heavy atom. The van der Waals surface area contributed by atoms with Gasteiger partial charge in [0.25, 0.3) is 0 Å². The van der Waals surface area contributed by atoms with Crippen LogP contribution in [-0.2, 0) is 4.74 Å². The molecule has 3 nitrogen and oxygen atoms in total. The number of ether oxygens (including phenoxy) is 1. The second-order valence-corrected chi connectivity index (χ2v) is 4.69. The maximum atomic E-state index is 8.71. The second kappa shape index (κ2) is 6.32. The standard InChI is InChI=1S/C11H19ClN2O/c1-9(10-3-4-10)14(5-6-15-2)8-11(12)7-13/h9-11H,3-6,8H2,1-2H3. The van der Waals surface area contributed by atoms with Crippen molar-refractivity contribution >= 4 is 11.6 Å². The van der Waals surface area contributed by atoms with Crippen molar-refractivity contribution in [2.45, 2.75) is 31.2 Å². The van der Waals surface area contributed by atoms with E-state index >= 15 is 0 Å². The lowest BCUT2D eigenvalue weighted by Gasteiger charge is -2.29. The van der Waals surface area contributed by atoms with Gasteiger partial charge in [0.05, 0.1) is 12.7 Å². The van der Waals surface area contributed by atoms with Crippen LogP contribution in [0.15, 0.2) is 0 Å². The molecule has 1 fully saturated rings. The highest BCUT2D eigenvalue weighted by molar-refractivity contribution is 6.22. The summed E-state index contributed by atoms with van der Waals surface area (Å²) in [6.07, 6.45) is 2.62. The highest BCUT2D eigenvalue weighted by Gasteiger charge is 2.32. The third-order valence-corrected chi connectivity index (χ3v) is 3.23. The van der Waals surface area contributed by atoms with Gasteiger partial charge in [-0.3, -0.25) is 4.90 Å². The van der Waals surface area contributed by atoms with Crippen LogP contribution in [0.3, 0.4) is 0 Å². The van der Waals surface area contributed by atoms with Crippen molar-refractivity contribution in [1.82, 2.24) is 4.90 Å². The van der Waals surface area contributed by atoms with Gasteiger partial charge in [0.1, 0.15) is 5.38 Å². The van der Waals surface area contributed by atoms with E-state index in [4.69, 9.17) is 21.6 Å². The Morgan fingerprint density at radius 2 is 2.27 bits per heavy atom. The normalized spacial score (nSPS) is 19.9. The molecule has 2 unspecified atom stereocenters. The molecule has 86 valence electrons. The minimum Gasteiger partial charge on any atom is -0.383 e. The molecule has 1 rings (SSSR count). The molecule has 0 aliphatic heterocycles. The molecule has 0 amide bonds. The Kier molecular flexibility index (Phi) is 5.38. The molecule has 0 aromatic heterocycles. The molecular formula is C11H19ClN2O. The van der Waals surface area contributed by atoms with Crippen LogP contribution >= 0.6 is 11.6 Å². The van der Waals surface area contributed by atoms with Crippen LogP contribution < -0.4 is 0 Å². The van der Waals surface area contributed by atoms with Crippen molar-refractivity contribution < 1.29 is 4.74 Å². The molecular weight excluding hydrogens is 212 g/mol. The number of nitriles is 1. The quantitative estimate of drug-likeness (QED) is 0.627. The van der Waals surface area contributed by atoms with Crippen molar-refractivity contribution in [2.24, 2.45) is 5.92 Å². The fraction of sp³-hybridized carbons (Fsp3) is 0.909. The molecule has 0 bridgehead atoms. The summed E-state index contributed by atoms with van der Waals surface area (Å²) >= 11 is 5.86. The summed E-state index contributed by atoms with van der Waals surface area (Å²) in [5.74, 6) is 0.796. The van der Waals surface area contributed by atoms with Gasteiger partial charge in [-0.1, -0.05) is 0 Å². The van der Waals surface area contributed by atoms with E-state index < -0.39 is 5.38 Å². The number of halogens is 1. The van der Waals surface area contributed by atoms with Crippen LogP contribution in [0.5, 0.6) is 0 Å². The minimum atomic E-state index is -0.414. The molecule has 0 radical (unpaired) electrons. The molecule has 4 heteroatoms. The van der Waals surface area contributed by atoms with Crippen molar-refractivity contribution in [3.8, 4) is 6.07 Å². The first-order valence-corrected chi connectivity index (χ1v) is 5.89. The van der Waals surface area contributed by atoms with Gasteiger partial charge in [-0.2, -0.15) is 5.26 Å². The lowest BCUT2D eigenvalue weighted by atomic mass is 10.1. The van der Waals surface area contributed by atoms with Gasteiger partial charge in [-0.25, -0.2) is 0 Å². The molecule has 2 atom stereocenters. The predicted octanol–water partition coefficient (Wildman–Crippen LogP) is 1.86. The maximum absolute atomic E-state index is 8.71. The van der Waals surface area contributed by atoms with E-state index in [1.807, 2.05) is 0 Å². The van der Waals surface area contributed by atoms with Crippen LogP contribution in [-0.4, -0.2) is 43.1 Å². The van der Waals surface area contributed by atoms with Gasteiger partial charge >= 0.3 is 0 Å². The first-order chi connectivity index (χ1) is 7.19. The van der Waals surface area contributed by atoms with Gasteiger partial charge in [-0.15, -0.1) is 11.6 Å². The van der Waals surface area contributed by atoms with Crippen LogP contribution in [0, 0.1) is 17.2 Å². The molecule has 1 aliphatic carbocycles. The Morgan fingerprint density at radius 1 is 1.60 bits per heavy atom. The van der Waals surface area contributed by atoms with Crippen molar-refractivity contribution in [3.05, 3.63) is 0 Å². The number of rotatable bonds is 7. The highest BCUT2D eigenvalue weighted by Crippen LogP contribution is 2.35. The summed E-state index contributed by atoms with van der Waals surface area (Å²) in [6, 6.07) is 2.59. The number of hydrogen-bond donors (Lipinski definition) is 0. The van der Waals surface area contributed by atoms with E-state index in [1.165, 1.54) is 12.8 Å². The Bertz CT molecular complexity index is 225.